The van der Waals surface area contributed by atoms with Crippen molar-refractivity contribution in [2.24, 2.45) is 0 Å². The monoisotopic (exact) mass is 224 g/mol. The molecule has 86 valence electrons. The Kier molecular flexibility index (Phi) is 2.95. The third kappa shape index (κ3) is 2.06. The van der Waals surface area contributed by atoms with Crippen LogP contribution in [-0.4, -0.2) is 36.9 Å². The van der Waals surface area contributed by atoms with Crippen molar-refractivity contribution in [1.29, 1.82) is 0 Å². The van der Waals surface area contributed by atoms with E-state index in [4.69, 9.17) is 9.47 Å². The highest BCUT2D eigenvalue weighted by Crippen LogP contribution is 2.37. The third-order valence-electron chi connectivity index (χ3n) is 2.23. The number of rotatable bonds is 2. The molecule has 1 aliphatic rings. The Bertz CT molecular complexity index is 273. The van der Waals surface area contributed by atoms with Crippen molar-refractivity contribution >= 4 is 0 Å². The van der Waals surface area contributed by atoms with Gasteiger partial charge in [-0.1, -0.05) is 0 Å². The lowest BCUT2D eigenvalue weighted by Gasteiger charge is -2.32. The Labute approximate surface area is 84.8 Å². The average Bonchev–Trinajstić information content (AvgIpc) is 2.18. The third-order valence-corrected chi connectivity index (χ3v) is 2.23. The molecule has 0 unspecified atom stereocenters. The highest BCUT2D eigenvalue weighted by atomic mass is 19.4. The fourth-order valence-corrected chi connectivity index (χ4v) is 1.14. The molecule has 1 N–H and O–H groups in total. The first-order valence-electron chi connectivity index (χ1n) is 4.09. The van der Waals surface area contributed by atoms with E-state index in [1.54, 1.807) is 0 Å². The summed E-state index contributed by atoms with van der Waals surface area (Å²) in [5, 5.41) is 9.22. The quantitative estimate of drug-likeness (QED) is 0.569. The maximum absolute atomic E-state index is 12.4. The van der Waals surface area contributed by atoms with Crippen LogP contribution < -0.4 is 0 Å². The van der Waals surface area contributed by atoms with Gasteiger partial charge in [0.25, 0.3) is 0 Å². The first-order valence-corrected chi connectivity index (χ1v) is 4.09. The molecule has 15 heavy (non-hydrogen) atoms. The highest BCUT2D eigenvalue weighted by Gasteiger charge is 2.52. The summed E-state index contributed by atoms with van der Waals surface area (Å²) in [6.07, 6.45) is -1.53. The smallest absolute Gasteiger partial charge is 0.373 e. The van der Waals surface area contributed by atoms with E-state index in [-0.39, 0.29) is 0 Å². The first-order chi connectivity index (χ1) is 6.79. The topological polar surface area (TPSA) is 38.7 Å². The molecule has 0 amide bonds. The minimum Gasteiger partial charge on any atom is -0.373 e. The summed E-state index contributed by atoms with van der Waals surface area (Å²) < 4.78 is 46.8. The summed E-state index contributed by atoms with van der Waals surface area (Å²) in [7, 11) is 2.58. The number of aliphatic hydroxyl groups is 1. The van der Waals surface area contributed by atoms with E-state index in [1.165, 1.54) is 14.2 Å². The summed E-state index contributed by atoms with van der Waals surface area (Å²) in [5.41, 5.74) is -2.95. The van der Waals surface area contributed by atoms with Crippen LogP contribution in [0.2, 0.25) is 0 Å². The Morgan fingerprint density at radius 3 is 1.67 bits per heavy atom. The van der Waals surface area contributed by atoms with Crippen LogP contribution in [-0.2, 0) is 9.47 Å². The van der Waals surface area contributed by atoms with E-state index in [0.29, 0.717) is 12.2 Å². The van der Waals surface area contributed by atoms with Crippen LogP contribution in [0.4, 0.5) is 13.2 Å². The molecule has 1 rings (SSSR count). The molecule has 0 heterocycles. The molecule has 0 aromatic rings. The number of hydrogen-bond donors (Lipinski definition) is 1. The SMILES string of the molecule is COC1(OC)C=CC(O)(C(F)(F)F)C=C1. The fraction of sp³-hybridized carbons (Fsp3) is 0.556. The van der Waals surface area contributed by atoms with Gasteiger partial charge >= 0.3 is 6.18 Å². The van der Waals surface area contributed by atoms with Crippen LogP contribution in [0, 0.1) is 0 Å². The Morgan fingerprint density at radius 1 is 1.00 bits per heavy atom. The van der Waals surface area contributed by atoms with Crippen LogP contribution in [0.3, 0.4) is 0 Å². The molecule has 0 fully saturated rings. The molecule has 0 bridgehead atoms. The largest absolute Gasteiger partial charge is 0.424 e. The van der Waals surface area contributed by atoms with Gasteiger partial charge in [-0.15, -0.1) is 0 Å². The van der Waals surface area contributed by atoms with Gasteiger partial charge in [-0.2, -0.15) is 13.2 Å². The van der Waals surface area contributed by atoms with Crippen LogP contribution in [0.1, 0.15) is 0 Å². The lowest BCUT2D eigenvalue weighted by molar-refractivity contribution is -0.224. The predicted molar refractivity (Wildman–Crippen MR) is 46.0 cm³/mol. The fourth-order valence-electron chi connectivity index (χ4n) is 1.14. The van der Waals surface area contributed by atoms with Crippen LogP contribution in [0.5, 0.6) is 0 Å². The molecule has 3 nitrogen and oxygen atoms in total. The predicted octanol–water partition coefficient (Wildman–Crippen LogP) is 1.39. The summed E-state index contributed by atoms with van der Waals surface area (Å²) >= 11 is 0. The van der Waals surface area contributed by atoms with Crippen LogP contribution >= 0.6 is 0 Å². The minimum absolute atomic E-state index is 0.597. The molecular weight excluding hydrogens is 213 g/mol. The van der Waals surface area contributed by atoms with E-state index in [1.807, 2.05) is 0 Å². The van der Waals surface area contributed by atoms with Crippen molar-refractivity contribution in [3.8, 4) is 0 Å². The normalized spacial score (nSPS) is 23.1. The van der Waals surface area contributed by atoms with E-state index in [2.05, 4.69) is 0 Å². The summed E-state index contributed by atoms with van der Waals surface area (Å²) in [6.45, 7) is 0. The molecule has 0 saturated heterocycles. The van der Waals surface area contributed by atoms with Gasteiger partial charge in [0.15, 0.2) is 5.60 Å². The van der Waals surface area contributed by atoms with Gasteiger partial charge in [0.2, 0.25) is 5.79 Å². The second kappa shape index (κ2) is 3.62. The molecule has 0 aromatic heterocycles. The Balaban J connectivity index is 2.97. The van der Waals surface area contributed by atoms with Gasteiger partial charge in [0.1, 0.15) is 0 Å². The molecule has 0 aliphatic heterocycles. The van der Waals surface area contributed by atoms with Gasteiger partial charge in [-0.3, -0.25) is 0 Å². The standard InChI is InChI=1S/C9H11F3O3/c1-14-8(15-2)5-3-7(13,4-6-8)9(10,11)12/h3-6,13H,1-2H3. The van der Waals surface area contributed by atoms with E-state index < -0.39 is 17.6 Å². The second-order valence-corrected chi connectivity index (χ2v) is 3.12. The van der Waals surface area contributed by atoms with Gasteiger partial charge in [-0.25, -0.2) is 0 Å². The van der Waals surface area contributed by atoms with E-state index in [9.17, 15) is 18.3 Å². The van der Waals surface area contributed by atoms with Crippen molar-refractivity contribution in [2.75, 3.05) is 14.2 Å². The minimum atomic E-state index is -4.76. The highest BCUT2D eigenvalue weighted by molar-refractivity contribution is 5.29. The van der Waals surface area contributed by atoms with Gasteiger partial charge in [0, 0.05) is 14.2 Å². The van der Waals surface area contributed by atoms with Crippen molar-refractivity contribution in [3.63, 3.8) is 0 Å². The Morgan fingerprint density at radius 2 is 1.40 bits per heavy atom. The number of methoxy groups -OCH3 is 2. The van der Waals surface area contributed by atoms with E-state index in [0.717, 1.165) is 12.2 Å². The maximum Gasteiger partial charge on any atom is 0.424 e. The maximum atomic E-state index is 12.4. The van der Waals surface area contributed by atoms with Gasteiger partial charge in [-0.05, 0) is 24.3 Å². The summed E-state index contributed by atoms with van der Waals surface area (Å²) in [6, 6.07) is 0. The average molecular weight is 224 g/mol. The molecule has 0 radical (unpaired) electrons. The zero-order valence-electron chi connectivity index (χ0n) is 8.21. The molecule has 0 saturated carbocycles. The second-order valence-electron chi connectivity index (χ2n) is 3.12. The van der Waals surface area contributed by atoms with Gasteiger partial charge < -0.3 is 14.6 Å². The number of alkyl halides is 3. The zero-order chi connectivity index (χ0) is 11.7. The van der Waals surface area contributed by atoms with E-state index >= 15 is 0 Å². The molecule has 6 heteroatoms. The molecule has 0 aromatic carbocycles. The van der Waals surface area contributed by atoms with Crippen LogP contribution in [0.15, 0.2) is 24.3 Å². The van der Waals surface area contributed by atoms with Crippen molar-refractivity contribution in [3.05, 3.63) is 24.3 Å². The molecule has 0 spiro atoms. The molecule has 1 aliphatic carbocycles. The lowest BCUT2D eigenvalue weighted by atomic mass is 9.95. The number of halogens is 3. The zero-order valence-corrected chi connectivity index (χ0v) is 8.21. The van der Waals surface area contributed by atoms with Crippen molar-refractivity contribution < 1.29 is 27.8 Å². The Hall–Kier alpha value is -0.850. The lowest BCUT2D eigenvalue weighted by Crippen LogP contribution is -2.45. The van der Waals surface area contributed by atoms with Crippen LogP contribution in [0.25, 0.3) is 0 Å². The molecular formula is C9H11F3O3. The van der Waals surface area contributed by atoms with Crippen molar-refractivity contribution in [2.45, 2.75) is 17.6 Å². The van der Waals surface area contributed by atoms with Gasteiger partial charge in [0.05, 0.1) is 0 Å². The first kappa shape index (κ1) is 12.2. The number of hydrogen-bond acceptors (Lipinski definition) is 3. The summed E-state index contributed by atoms with van der Waals surface area (Å²) in [4.78, 5) is 0. The number of ether oxygens (including phenoxy) is 2. The molecule has 0 atom stereocenters. The summed E-state index contributed by atoms with van der Waals surface area (Å²) in [5.74, 6) is -1.34. The van der Waals surface area contributed by atoms with Crippen molar-refractivity contribution in [1.82, 2.24) is 0 Å².